The van der Waals surface area contributed by atoms with Gasteiger partial charge in [0.25, 0.3) is 0 Å². The van der Waals surface area contributed by atoms with Crippen LogP contribution in [-0.4, -0.2) is 21.7 Å². The van der Waals surface area contributed by atoms with Gasteiger partial charge in [-0.3, -0.25) is 9.78 Å². The average Bonchev–Trinajstić information content (AvgIpc) is 2.74. The summed E-state index contributed by atoms with van der Waals surface area (Å²) >= 11 is 7.31. The molecule has 0 aromatic carbocycles. The van der Waals surface area contributed by atoms with Gasteiger partial charge in [0.1, 0.15) is 0 Å². The van der Waals surface area contributed by atoms with E-state index in [2.05, 4.69) is 10.1 Å². The summed E-state index contributed by atoms with van der Waals surface area (Å²) in [5.74, 6) is -0.0978. The molecule has 0 radical (unpaired) electrons. The Balaban J connectivity index is 2.37. The fraction of sp³-hybridized carbons (Fsp3) is 0.182. The van der Waals surface area contributed by atoms with Crippen LogP contribution in [0.3, 0.4) is 0 Å². The summed E-state index contributed by atoms with van der Waals surface area (Å²) in [5.41, 5.74) is 1.09. The van der Waals surface area contributed by atoms with Gasteiger partial charge >= 0.3 is 0 Å². The third-order valence-corrected chi connectivity index (χ3v) is 3.85. The molecule has 0 aliphatic rings. The topological polar surface area (TPSA) is 62.5 Å². The van der Waals surface area contributed by atoms with Crippen LogP contribution in [0.15, 0.2) is 23.5 Å². The summed E-state index contributed by atoms with van der Waals surface area (Å²) in [7, 11) is 0. The summed E-state index contributed by atoms with van der Waals surface area (Å²) in [6.07, 6.45) is 1.70. The van der Waals surface area contributed by atoms with Crippen molar-refractivity contribution in [1.82, 2.24) is 4.98 Å². The van der Waals surface area contributed by atoms with Crippen LogP contribution in [0.2, 0.25) is 5.02 Å². The van der Waals surface area contributed by atoms with Crippen LogP contribution >= 0.6 is 22.9 Å². The van der Waals surface area contributed by atoms with Gasteiger partial charge in [0.2, 0.25) is 0 Å². The highest BCUT2D eigenvalue weighted by Gasteiger charge is 2.13. The van der Waals surface area contributed by atoms with Crippen molar-refractivity contribution < 1.29 is 10.0 Å². The van der Waals surface area contributed by atoms with Crippen molar-refractivity contribution in [3.8, 4) is 0 Å². The maximum absolute atomic E-state index is 11.8. The number of nitrogens with zero attached hydrogens (tertiary/aromatic N) is 2. The molecule has 6 heteroatoms. The first-order chi connectivity index (χ1) is 8.11. The average molecular weight is 269 g/mol. The van der Waals surface area contributed by atoms with Crippen molar-refractivity contribution in [2.24, 2.45) is 5.16 Å². The fourth-order valence-electron chi connectivity index (χ4n) is 1.40. The minimum absolute atomic E-state index is 0.0978. The zero-order valence-corrected chi connectivity index (χ0v) is 10.5. The lowest BCUT2D eigenvalue weighted by molar-refractivity contribution is 0.100. The molecule has 17 heavy (non-hydrogen) atoms. The quantitative estimate of drug-likeness (QED) is 0.402. The Morgan fingerprint density at radius 1 is 1.65 bits per heavy atom. The van der Waals surface area contributed by atoms with E-state index in [0.29, 0.717) is 21.1 Å². The third-order valence-electron chi connectivity index (χ3n) is 2.23. The standard InChI is InChI=1S/C11H9ClN2O2S/c1-6(14-16)4-9(15)10-5-8-11(17-10)7(12)2-3-13-8/h2-3,5,16H,4H2,1H3/b14-6+. The SMILES string of the molecule is C/C(CC(=O)c1cc2nccc(Cl)c2s1)=N\O. The van der Waals surface area contributed by atoms with Crippen molar-refractivity contribution in [2.45, 2.75) is 13.3 Å². The van der Waals surface area contributed by atoms with Crippen LogP contribution in [-0.2, 0) is 0 Å². The van der Waals surface area contributed by atoms with Crippen molar-refractivity contribution in [1.29, 1.82) is 0 Å². The van der Waals surface area contributed by atoms with Gasteiger partial charge in [-0.2, -0.15) is 0 Å². The molecular formula is C11H9ClN2O2S. The zero-order chi connectivity index (χ0) is 12.4. The second kappa shape index (κ2) is 4.81. The Kier molecular flexibility index (Phi) is 3.40. The number of hydrogen-bond donors (Lipinski definition) is 1. The number of ketones is 1. The lowest BCUT2D eigenvalue weighted by Crippen LogP contribution is -2.03. The normalized spacial score (nSPS) is 12.0. The number of hydrogen-bond acceptors (Lipinski definition) is 5. The molecule has 0 saturated heterocycles. The molecule has 4 nitrogen and oxygen atoms in total. The van der Waals surface area contributed by atoms with Crippen molar-refractivity contribution in [3.63, 3.8) is 0 Å². The van der Waals surface area contributed by atoms with Gasteiger partial charge in [-0.25, -0.2) is 0 Å². The van der Waals surface area contributed by atoms with E-state index in [0.717, 1.165) is 4.70 Å². The van der Waals surface area contributed by atoms with Gasteiger partial charge < -0.3 is 5.21 Å². The molecule has 0 fully saturated rings. The highest BCUT2D eigenvalue weighted by Crippen LogP contribution is 2.30. The highest BCUT2D eigenvalue weighted by atomic mass is 35.5. The molecule has 0 amide bonds. The predicted molar refractivity (Wildman–Crippen MR) is 68.5 cm³/mol. The summed E-state index contributed by atoms with van der Waals surface area (Å²) < 4.78 is 0.802. The monoisotopic (exact) mass is 268 g/mol. The van der Waals surface area contributed by atoms with E-state index in [1.54, 1.807) is 25.3 Å². The first-order valence-corrected chi connectivity index (χ1v) is 6.06. The minimum atomic E-state index is -0.0978. The highest BCUT2D eigenvalue weighted by molar-refractivity contribution is 7.21. The van der Waals surface area contributed by atoms with Gasteiger partial charge in [-0.15, -0.1) is 11.3 Å². The van der Waals surface area contributed by atoms with Crippen LogP contribution in [0.5, 0.6) is 0 Å². The fourth-order valence-corrected chi connectivity index (χ4v) is 2.63. The summed E-state index contributed by atoms with van der Waals surface area (Å²) in [6, 6.07) is 3.40. The molecule has 0 aliphatic carbocycles. The maximum atomic E-state index is 11.8. The van der Waals surface area contributed by atoms with E-state index in [4.69, 9.17) is 16.8 Å². The molecule has 88 valence electrons. The molecular weight excluding hydrogens is 260 g/mol. The van der Waals surface area contributed by atoms with Crippen molar-refractivity contribution in [3.05, 3.63) is 28.2 Å². The van der Waals surface area contributed by atoms with E-state index < -0.39 is 0 Å². The third kappa shape index (κ3) is 2.45. The second-order valence-electron chi connectivity index (χ2n) is 3.55. The molecule has 0 spiro atoms. The number of carbonyl (C=O) groups is 1. The Morgan fingerprint density at radius 2 is 2.41 bits per heavy atom. The van der Waals surface area contributed by atoms with E-state index in [1.165, 1.54) is 11.3 Å². The van der Waals surface area contributed by atoms with Crippen LogP contribution in [0.1, 0.15) is 23.0 Å². The Hall–Kier alpha value is -1.46. The molecule has 0 atom stereocenters. The van der Waals surface area contributed by atoms with Crippen LogP contribution in [0, 0.1) is 0 Å². The van der Waals surface area contributed by atoms with Crippen LogP contribution < -0.4 is 0 Å². The van der Waals surface area contributed by atoms with Crippen LogP contribution in [0.4, 0.5) is 0 Å². The first kappa shape index (κ1) is 12.0. The minimum Gasteiger partial charge on any atom is -0.411 e. The Bertz CT molecular complexity index is 607. The van der Waals surface area contributed by atoms with Gasteiger partial charge in [-0.1, -0.05) is 16.8 Å². The lowest BCUT2D eigenvalue weighted by atomic mass is 10.2. The predicted octanol–water partition coefficient (Wildman–Crippen LogP) is 3.37. The number of carbonyl (C=O) groups excluding carboxylic acids is 1. The van der Waals surface area contributed by atoms with E-state index >= 15 is 0 Å². The molecule has 0 aliphatic heterocycles. The van der Waals surface area contributed by atoms with E-state index in [-0.39, 0.29) is 12.2 Å². The number of fused-ring (bicyclic) bond motifs is 1. The molecule has 2 aromatic heterocycles. The number of rotatable bonds is 3. The van der Waals surface area contributed by atoms with Gasteiger partial charge in [-0.05, 0) is 19.1 Å². The molecule has 2 rings (SSSR count). The number of Topliss-reactive ketones (excluding diaryl/α,β-unsaturated/α-hetero) is 1. The van der Waals surface area contributed by atoms with Crippen molar-refractivity contribution in [2.75, 3.05) is 0 Å². The molecule has 2 aromatic rings. The number of pyridine rings is 1. The largest absolute Gasteiger partial charge is 0.411 e. The maximum Gasteiger partial charge on any atom is 0.178 e. The Morgan fingerprint density at radius 3 is 3.06 bits per heavy atom. The summed E-state index contributed by atoms with van der Waals surface area (Å²) in [5, 5.41) is 12.1. The molecule has 2 heterocycles. The molecule has 1 N–H and O–H groups in total. The molecule has 0 unspecified atom stereocenters. The zero-order valence-electron chi connectivity index (χ0n) is 8.98. The first-order valence-electron chi connectivity index (χ1n) is 4.86. The molecule has 0 bridgehead atoms. The summed E-state index contributed by atoms with van der Waals surface area (Å²) in [6.45, 7) is 1.59. The van der Waals surface area contributed by atoms with Crippen LogP contribution in [0.25, 0.3) is 10.2 Å². The second-order valence-corrected chi connectivity index (χ2v) is 5.01. The van der Waals surface area contributed by atoms with E-state index in [9.17, 15) is 4.79 Å². The van der Waals surface area contributed by atoms with Gasteiger partial charge in [0.05, 0.1) is 32.2 Å². The molecule has 0 saturated carbocycles. The number of aromatic nitrogens is 1. The number of thiophene rings is 1. The van der Waals surface area contributed by atoms with Gasteiger partial charge in [0, 0.05) is 6.20 Å². The van der Waals surface area contributed by atoms with Gasteiger partial charge in [0.15, 0.2) is 5.78 Å². The van der Waals surface area contributed by atoms with E-state index in [1.807, 2.05) is 0 Å². The number of oxime groups is 1. The smallest absolute Gasteiger partial charge is 0.178 e. The lowest BCUT2D eigenvalue weighted by Gasteiger charge is -1.94. The number of halogens is 1. The Labute approximate surface area is 107 Å². The van der Waals surface area contributed by atoms with Crippen molar-refractivity contribution >= 4 is 44.6 Å². The summed E-state index contributed by atoms with van der Waals surface area (Å²) in [4.78, 5) is 16.6.